The van der Waals surface area contributed by atoms with Crippen LogP contribution in [0.25, 0.3) is 0 Å². The minimum absolute atomic E-state index is 0.137. The van der Waals surface area contributed by atoms with Crippen LogP contribution in [0.5, 0.6) is 0 Å². The molecule has 1 aliphatic heterocycles. The van der Waals surface area contributed by atoms with Crippen molar-refractivity contribution in [3.8, 4) is 0 Å². The highest BCUT2D eigenvalue weighted by Crippen LogP contribution is 2.28. The van der Waals surface area contributed by atoms with Gasteiger partial charge in [0.05, 0.1) is 0 Å². The van der Waals surface area contributed by atoms with E-state index < -0.39 is 12.2 Å². The van der Waals surface area contributed by atoms with Gasteiger partial charge in [-0.2, -0.15) is 13.2 Å². The first-order valence-electron chi connectivity index (χ1n) is 6.97. The van der Waals surface area contributed by atoms with Gasteiger partial charge >= 0.3 is 12.2 Å². The lowest BCUT2D eigenvalue weighted by atomic mass is 9.96. The summed E-state index contributed by atoms with van der Waals surface area (Å²) in [6.07, 6.45) is -2.26. The van der Waals surface area contributed by atoms with E-state index in [0.29, 0.717) is 19.4 Å². The van der Waals surface area contributed by atoms with Crippen molar-refractivity contribution >= 4 is 6.03 Å². The fraction of sp³-hybridized carbons (Fsp3) is 0.923. The molecule has 1 aliphatic rings. The zero-order valence-corrected chi connectivity index (χ0v) is 12.2. The van der Waals surface area contributed by atoms with E-state index >= 15 is 0 Å². The number of hydrogen-bond donors (Lipinski definition) is 3. The summed E-state index contributed by atoms with van der Waals surface area (Å²) >= 11 is 0. The topological polar surface area (TPSA) is 53.2 Å². The van der Waals surface area contributed by atoms with Crippen molar-refractivity contribution < 1.29 is 18.0 Å². The summed E-state index contributed by atoms with van der Waals surface area (Å²) in [6.45, 7) is 5.96. The van der Waals surface area contributed by atoms with Gasteiger partial charge in [-0.05, 0) is 40.0 Å². The van der Waals surface area contributed by atoms with Crippen LogP contribution in [-0.2, 0) is 0 Å². The summed E-state index contributed by atoms with van der Waals surface area (Å²) in [4.78, 5) is 11.5. The lowest BCUT2D eigenvalue weighted by Crippen LogP contribution is -2.51. The molecule has 1 saturated heterocycles. The standard InChI is InChI=1S/C13H24F3N3O/c1-12(2,3)19-11(20)17-8-7-9-5-4-6-10(18-9)13(14,15)16/h9-10,18H,4-8H2,1-3H3,(H2,17,19,20). The number of halogens is 3. The highest BCUT2D eigenvalue weighted by molar-refractivity contribution is 5.74. The Kier molecular flexibility index (Phi) is 5.68. The smallest absolute Gasteiger partial charge is 0.338 e. The van der Waals surface area contributed by atoms with Crippen molar-refractivity contribution in [2.24, 2.45) is 0 Å². The fourth-order valence-corrected chi connectivity index (χ4v) is 2.25. The molecule has 2 unspecified atom stereocenters. The van der Waals surface area contributed by atoms with Gasteiger partial charge in [0, 0.05) is 18.1 Å². The molecule has 1 heterocycles. The van der Waals surface area contributed by atoms with Crippen LogP contribution in [-0.4, -0.2) is 36.4 Å². The first kappa shape index (κ1) is 17.1. The molecule has 0 bridgehead atoms. The lowest BCUT2D eigenvalue weighted by molar-refractivity contribution is -0.163. The third-order valence-electron chi connectivity index (χ3n) is 3.14. The maximum atomic E-state index is 12.6. The molecule has 20 heavy (non-hydrogen) atoms. The third-order valence-corrected chi connectivity index (χ3v) is 3.14. The van der Waals surface area contributed by atoms with Gasteiger partial charge in [-0.15, -0.1) is 0 Å². The third kappa shape index (κ3) is 6.45. The number of alkyl halides is 3. The van der Waals surface area contributed by atoms with Crippen molar-refractivity contribution in [2.45, 2.75) is 70.3 Å². The Morgan fingerprint density at radius 1 is 1.25 bits per heavy atom. The second-order valence-electron chi connectivity index (χ2n) is 6.31. The van der Waals surface area contributed by atoms with E-state index in [9.17, 15) is 18.0 Å². The van der Waals surface area contributed by atoms with Crippen LogP contribution in [0.3, 0.4) is 0 Å². The molecule has 1 rings (SSSR count). The van der Waals surface area contributed by atoms with Gasteiger partial charge in [-0.1, -0.05) is 6.42 Å². The molecular formula is C13H24F3N3O. The van der Waals surface area contributed by atoms with E-state index in [0.717, 1.165) is 6.42 Å². The van der Waals surface area contributed by atoms with Crippen molar-refractivity contribution in [1.29, 1.82) is 0 Å². The molecule has 2 amide bonds. The predicted molar refractivity (Wildman–Crippen MR) is 71.5 cm³/mol. The number of carbonyl (C=O) groups excluding carboxylic acids is 1. The number of nitrogens with one attached hydrogen (secondary N) is 3. The largest absolute Gasteiger partial charge is 0.403 e. The normalized spacial score (nSPS) is 24.3. The van der Waals surface area contributed by atoms with Crippen molar-refractivity contribution in [3.05, 3.63) is 0 Å². The summed E-state index contributed by atoms with van der Waals surface area (Å²) in [5, 5.41) is 8.03. The number of urea groups is 1. The second-order valence-corrected chi connectivity index (χ2v) is 6.31. The maximum absolute atomic E-state index is 12.6. The van der Waals surface area contributed by atoms with Crippen LogP contribution in [0.15, 0.2) is 0 Å². The molecule has 3 N–H and O–H groups in total. The highest BCUT2D eigenvalue weighted by Gasteiger charge is 2.41. The molecular weight excluding hydrogens is 271 g/mol. The maximum Gasteiger partial charge on any atom is 0.403 e. The zero-order chi connectivity index (χ0) is 15.4. The number of hydrogen-bond acceptors (Lipinski definition) is 2. The van der Waals surface area contributed by atoms with E-state index in [4.69, 9.17) is 0 Å². The van der Waals surface area contributed by atoms with E-state index in [2.05, 4.69) is 16.0 Å². The molecule has 0 aromatic heterocycles. The molecule has 0 spiro atoms. The van der Waals surface area contributed by atoms with E-state index in [-0.39, 0.29) is 24.0 Å². The summed E-state index contributed by atoms with van der Waals surface area (Å²) in [5.74, 6) is 0. The summed E-state index contributed by atoms with van der Waals surface area (Å²) in [6, 6.07) is -1.89. The van der Waals surface area contributed by atoms with Crippen LogP contribution in [0.4, 0.5) is 18.0 Å². The first-order valence-corrected chi connectivity index (χ1v) is 6.97. The Hall–Kier alpha value is -0.980. The molecule has 2 atom stereocenters. The van der Waals surface area contributed by atoms with Crippen molar-refractivity contribution in [3.63, 3.8) is 0 Å². The quantitative estimate of drug-likeness (QED) is 0.749. The van der Waals surface area contributed by atoms with E-state index in [1.807, 2.05) is 20.8 Å². The van der Waals surface area contributed by atoms with Crippen LogP contribution >= 0.6 is 0 Å². The first-order chi connectivity index (χ1) is 9.08. The van der Waals surface area contributed by atoms with Crippen molar-refractivity contribution in [2.75, 3.05) is 6.54 Å². The van der Waals surface area contributed by atoms with Gasteiger partial charge < -0.3 is 16.0 Å². The zero-order valence-electron chi connectivity index (χ0n) is 12.2. The minimum Gasteiger partial charge on any atom is -0.338 e. The van der Waals surface area contributed by atoms with Gasteiger partial charge in [-0.25, -0.2) is 4.79 Å². The Morgan fingerprint density at radius 2 is 1.90 bits per heavy atom. The van der Waals surface area contributed by atoms with Gasteiger partial charge in [0.1, 0.15) is 6.04 Å². The SMILES string of the molecule is CC(C)(C)NC(=O)NCCC1CCCC(C(F)(F)F)N1. The number of rotatable bonds is 3. The van der Waals surface area contributed by atoms with Gasteiger partial charge in [0.15, 0.2) is 0 Å². The number of piperidine rings is 1. The average Bonchev–Trinajstić information content (AvgIpc) is 2.25. The average molecular weight is 295 g/mol. The molecule has 4 nitrogen and oxygen atoms in total. The molecule has 7 heteroatoms. The minimum atomic E-state index is -4.18. The number of carbonyl (C=O) groups is 1. The van der Waals surface area contributed by atoms with E-state index in [1.54, 1.807) is 0 Å². The molecule has 0 aliphatic carbocycles. The van der Waals surface area contributed by atoms with Crippen LogP contribution in [0, 0.1) is 0 Å². The Labute approximate surface area is 117 Å². The second kappa shape index (κ2) is 6.65. The Morgan fingerprint density at radius 3 is 2.45 bits per heavy atom. The molecule has 0 radical (unpaired) electrons. The van der Waals surface area contributed by atoms with Crippen LogP contribution in [0.1, 0.15) is 46.5 Å². The van der Waals surface area contributed by atoms with Crippen LogP contribution < -0.4 is 16.0 Å². The van der Waals surface area contributed by atoms with Crippen molar-refractivity contribution in [1.82, 2.24) is 16.0 Å². The molecule has 0 aromatic rings. The van der Waals surface area contributed by atoms with Crippen LogP contribution in [0.2, 0.25) is 0 Å². The number of amides is 2. The van der Waals surface area contributed by atoms with E-state index in [1.165, 1.54) is 0 Å². The van der Waals surface area contributed by atoms with Gasteiger partial charge in [0.2, 0.25) is 0 Å². The summed E-state index contributed by atoms with van der Waals surface area (Å²) < 4.78 is 37.8. The fourth-order valence-electron chi connectivity index (χ4n) is 2.25. The lowest BCUT2D eigenvalue weighted by Gasteiger charge is -2.32. The molecule has 0 saturated carbocycles. The molecule has 1 fully saturated rings. The molecule has 0 aromatic carbocycles. The molecule has 118 valence electrons. The summed E-state index contributed by atoms with van der Waals surface area (Å²) in [7, 11) is 0. The Balaban J connectivity index is 2.27. The van der Waals surface area contributed by atoms with Gasteiger partial charge in [0.25, 0.3) is 0 Å². The summed E-state index contributed by atoms with van der Waals surface area (Å²) in [5.41, 5.74) is -0.325. The highest BCUT2D eigenvalue weighted by atomic mass is 19.4. The van der Waals surface area contributed by atoms with Gasteiger partial charge in [-0.3, -0.25) is 0 Å². The predicted octanol–water partition coefficient (Wildman–Crippen LogP) is 2.55. The Bertz CT molecular complexity index is 326. The monoisotopic (exact) mass is 295 g/mol.